The van der Waals surface area contributed by atoms with Crippen molar-refractivity contribution in [2.75, 3.05) is 13.2 Å². The average Bonchev–Trinajstić information content (AvgIpc) is 3.06. The molecule has 0 aromatic heterocycles. The van der Waals surface area contributed by atoms with Gasteiger partial charge in [-0.25, -0.2) is 4.79 Å². The summed E-state index contributed by atoms with van der Waals surface area (Å²) < 4.78 is 5.70. The minimum absolute atomic E-state index is 0.206. The predicted molar refractivity (Wildman–Crippen MR) is 95.7 cm³/mol. The van der Waals surface area contributed by atoms with Crippen molar-refractivity contribution in [3.63, 3.8) is 0 Å². The first-order chi connectivity index (χ1) is 11.7. The minimum atomic E-state index is -0.206. The Morgan fingerprint density at radius 1 is 1.04 bits per heavy atom. The summed E-state index contributed by atoms with van der Waals surface area (Å²) in [4.78, 5) is 11.7. The molecule has 24 heavy (non-hydrogen) atoms. The first-order valence-corrected chi connectivity index (χ1v) is 8.59. The van der Waals surface area contributed by atoms with E-state index in [1.807, 2.05) is 18.2 Å². The number of hydrogen-bond acceptors (Lipinski definition) is 2. The van der Waals surface area contributed by atoms with Gasteiger partial charge in [-0.3, -0.25) is 0 Å². The van der Waals surface area contributed by atoms with E-state index < -0.39 is 0 Å². The van der Waals surface area contributed by atoms with E-state index in [0.29, 0.717) is 24.7 Å². The molecule has 3 rings (SSSR count). The quantitative estimate of drug-likeness (QED) is 0.785. The molecule has 2 aromatic rings. The van der Waals surface area contributed by atoms with Gasteiger partial charge in [0.1, 0.15) is 12.4 Å². The van der Waals surface area contributed by atoms with Gasteiger partial charge in [-0.15, -0.1) is 0 Å². The first-order valence-electron chi connectivity index (χ1n) is 8.21. The Balaban J connectivity index is 1.34. The number of carbonyl (C=O) groups is 1. The summed E-state index contributed by atoms with van der Waals surface area (Å²) in [6.07, 6.45) is 3.54. The summed E-state index contributed by atoms with van der Waals surface area (Å²) in [5, 5.41) is 6.28. The van der Waals surface area contributed by atoms with Gasteiger partial charge < -0.3 is 15.4 Å². The van der Waals surface area contributed by atoms with E-state index in [9.17, 15) is 4.79 Å². The predicted octanol–water partition coefficient (Wildman–Crippen LogP) is 3.71. The van der Waals surface area contributed by atoms with Crippen LogP contribution < -0.4 is 15.4 Å². The highest BCUT2D eigenvalue weighted by Crippen LogP contribution is 2.25. The van der Waals surface area contributed by atoms with Gasteiger partial charge in [0.05, 0.1) is 6.54 Å². The molecule has 0 spiro atoms. The molecular formula is C19H21ClN2O2. The molecule has 0 bridgehead atoms. The lowest BCUT2D eigenvalue weighted by atomic mass is 10.1. The lowest BCUT2D eigenvalue weighted by Crippen LogP contribution is -2.37. The van der Waals surface area contributed by atoms with E-state index in [-0.39, 0.29) is 6.03 Å². The smallest absolute Gasteiger partial charge is 0.315 e. The topological polar surface area (TPSA) is 50.4 Å². The fraction of sp³-hybridized carbons (Fsp3) is 0.316. The Bertz CT molecular complexity index is 701. The molecule has 1 aliphatic carbocycles. The van der Waals surface area contributed by atoms with Gasteiger partial charge in [0, 0.05) is 11.6 Å². The Morgan fingerprint density at radius 3 is 2.67 bits per heavy atom. The van der Waals surface area contributed by atoms with Gasteiger partial charge in [-0.05, 0) is 60.2 Å². The molecule has 5 heteroatoms. The molecule has 1 aliphatic rings. The Labute approximate surface area is 147 Å². The maximum Gasteiger partial charge on any atom is 0.315 e. The summed E-state index contributed by atoms with van der Waals surface area (Å²) in [6.45, 7) is 1.38. The van der Waals surface area contributed by atoms with Crippen LogP contribution in [0.5, 0.6) is 5.75 Å². The molecule has 0 saturated heterocycles. The Hall–Kier alpha value is -2.20. The van der Waals surface area contributed by atoms with Crippen molar-refractivity contribution in [2.45, 2.75) is 25.8 Å². The largest absolute Gasteiger partial charge is 0.492 e. The molecule has 2 amide bonds. The van der Waals surface area contributed by atoms with E-state index in [4.69, 9.17) is 16.3 Å². The van der Waals surface area contributed by atoms with Crippen LogP contribution in [0.2, 0.25) is 5.02 Å². The highest BCUT2D eigenvalue weighted by molar-refractivity contribution is 6.30. The van der Waals surface area contributed by atoms with Crippen molar-refractivity contribution in [3.8, 4) is 5.75 Å². The lowest BCUT2D eigenvalue weighted by molar-refractivity contribution is 0.236. The van der Waals surface area contributed by atoms with Crippen molar-refractivity contribution >= 4 is 17.6 Å². The van der Waals surface area contributed by atoms with Crippen molar-refractivity contribution in [3.05, 3.63) is 64.2 Å². The number of rotatable bonds is 6. The zero-order chi connectivity index (χ0) is 16.8. The monoisotopic (exact) mass is 344 g/mol. The van der Waals surface area contributed by atoms with Crippen LogP contribution in [0.25, 0.3) is 0 Å². The number of amides is 2. The summed E-state index contributed by atoms with van der Waals surface area (Å²) in [7, 11) is 0. The summed E-state index contributed by atoms with van der Waals surface area (Å²) in [5.41, 5.74) is 3.83. The number of hydrogen-bond donors (Lipinski definition) is 2. The summed E-state index contributed by atoms with van der Waals surface area (Å²) in [6, 6.07) is 13.4. The molecule has 126 valence electrons. The molecule has 4 nitrogen and oxygen atoms in total. The zero-order valence-electron chi connectivity index (χ0n) is 13.5. The molecular weight excluding hydrogens is 324 g/mol. The molecule has 0 radical (unpaired) electrons. The standard InChI is InChI=1S/C19H21ClN2O2/c20-17-7-4-14(5-8-17)13-22-19(23)21-10-11-24-18-9-6-15-2-1-3-16(15)12-18/h4-9,12H,1-3,10-11,13H2,(H2,21,22,23). The highest BCUT2D eigenvalue weighted by atomic mass is 35.5. The Morgan fingerprint density at radius 2 is 1.83 bits per heavy atom. The maximum absolute atomic E-state index is 11.7. The fourth-order valence-electron chi connectivity index (χ4n) is 2.82. The maximum atomic E-state index is 11.7. The summed E-state index contributed by atoms with van der Waals surface area (Å²) in [5.74, 6) is 0.874. The van der Waals surface area contributed by atoms with Gasteiger partial charge >= 0.3 is 6.03 Å². The van der Waals surface area contributed by atoms with Gasteiger partial charge in [0.15, 0.2) is 0 Å². The van der Waals surface area contributed by atoms with E-state index in [1.54, 1.807) is 12.1 Å². The molecule has 0 fully saturated rings. The van der Waals surface area contributed by atoms with Gasteiger partial charge in [-0.2, -0.15) is 0 Å². The van der Waals surface area contributed by atoms with E-state index in [2.05, 4.69) is 22.8 Å². The second-order valence-corrected chi connectivity index (χ2v) is 6.30. The molecule has 0 unspecified atom stereocenters. The minimum Gasteiger partial charge on any atom is -0.492 e. The third kappa shape index (κ3) is 4.65. The van der Waals surface area contributed by atoms with Gasteiger partial charge in [0.2, 0.25) is 0 Å². The Kier molecular flexibility index (Phi) is 5.59. The number of fused-ring (bicyclic) bond motifs is 1. The van der Waals surface area contributed by atoms with Crippen LogP contribution in [-0.2, 0) is 19.4 Å². The van der Waals surface area contributed by atoms with Crippen molar-refractivity contribution < 1.29 is 9.53 Å². The lowest BCUT2D eigenvalue weighted by Gasteiger charge is -2.10. The molecule has 2 aromatic carbocycles. The van der Waals surface area contributed by atoms with Crippen LogP contribution >= 0.6 is 11.6 Å². The van der Waals surface area contributed by atoms with Crippen LogP contribution in [0.4, 0.5) is 4.79 Å². The first kappa shape index (κ1) is 16.7. The SMILES string of the molecule is O=C(NCCOc1ccc2c(c1)CCC2)NCc1ccc(Cl)cc1. The van der Waals surface area contributed by atoms with Crippen molar-refractivity contribution in [1.29, 1.82) is 0 Å². The second-order valence-electron chi connectivity index (χ2n) is 5.87. The van der Waals surface area contributed by atoms with Crippen LogP contribution in [0, 0.1) is 0 Å². The third-order valence-corrected chi connectivity index (χ3v) is 4.34. The average molecular weight is 345 g/mol. The number of ether oxygens (including phenoxy) is 1. The third-order valence-electron chi connectivity index (χ3n) is 4.09. The zero-order valence-corrected chi connectivity index (χ0v) is 14.2. The number of benzene rings is 2. The molecule has 2 N–H and O–H groups in total. The van der Waals surface area contributed by atoms with Gasteiger partial charge in [0.25, 0.3) is 0 Å². The fourth-order valence-corrected chi connectivity index (χ4v) is 2.94. The number of halogens is 1. The number of aryl methyl sites for hydroxylation is 2. The number of carbonyl (C=O) groups excluding carboxylic acids is 1. The van der Waals surface area contributed by atoms with Crippen molar-refractivity contribution in [2.24, 2.45) is 0 Å². The highest BCUT2D eigenvalue weighted by Gasteiger charge is 2.11. The number of urea groups is 1. The van der Waals surface area contributed by atoms with Crippen LogP contribution in [0.3, 0.4) is 0 Å². The van der Waals surface area contributed by atoms with E-state index in [1.165, 1.54) is 24.0 Å². The van der Waals surface area contributed by atoms with Crippen LogP contribution in [-0.4, -0.2) is 19.2 Å². The molecule has 0 aliphatic heterocycles. The van der Waals surface area contributed by atoms with E-state index >= 15 is 0 Å². The van der Waals surface area contributed by atoms with Crippen molar-refractivity contribution in [1.82, 2.24) is 10.6 Å². The molecule has 0 heterocycles. The number of nitrogens with one attached hydrogen (secondary N) is 2. The van der Waals surface area contributed by atoms with Gasteiger partial charge in [-0.1, -0.05) is 29.8 Å². The normalized spacial score (nSPS) is 12.5. The van der Waals surface area contributed by atoms with Crippen LogP contribution in [0.15, 0.2) is 42.5 Å². The molecule has 0 atom stereocenters. The molecule has 0 saturated carbocycles. The second kappa shape index (κ2) is 8.06. The van der Waals surface area contributed by atoms with E-state index in [0.717, 1.165) is 17.7 Å². The van der Waals surface area contributed by atoms with Crippen LogP contribution in [0.1, 0.15) is 23.1 Å². The summed E-state index contributed by atoms with van der Waals surface area (Å²) >= 11 is 5.83.